The predicted molar refractivity (Wildman–Crippen MR) is 91.7 cm³/mol. The SMILES string of the molecule is CC(C)OC(=O)CN(Cc1ccco1)S(=O)(=O)c1ccc(Br)cc1. The van der Waals surface area contributed by atoms with E-state index < -0.39 is 22.5 Å². The van der Waals surface area contributed by atoms with Crippen molar-refractivity contribution in [3.05, 3.63) is 52.9 Å². The van der Waals surface area contributed by atoms with Gasteiger partial charge in [-0.05, 0) is 50.2 Å². The van der Waals surface area contributed by atoms with Crippen LogP contribution in [0, 0.1) is 0 Å². The molecule has 0 saturated carbocycles. The van der Waals surface area contributed by atoms with E-state index in [9.17, 15) is 13.2 Å². The van der Waals surface area contributed by atoms with Crippen LogP contribution in [0.3, 0.4) is 0 Å². The maximum absolute atomic E-state index is 12.9. The molecule has 2 aromatic rings. The molecular formula is C16H18BrNO5S. The van der Waals surface area contributed by atoms with Crippen molar-refractivity contribution in [2.24, 2.45) is 0 Å². The lowest BCUT2D eigenvalue weighted by Gasteiger charge is -2.21. The number of halogens is 1. The number of hydrogen-bond acceptors (Lipinski definition) is 5. The van der Waals surface area contributed by atoms with E-state index in [4.69, 9.17) is 9.15 Å². The summed E-state index contributed by atoms with van der Waals surface area (Å²) < 4.78 is 37.8. The topological polar surface area (TPSA) is 76.8 Å². The van der Waals surface area contributed by atoms with E-state index >= 15 is 0 Å². The Bertz CT molecular complexity index is 769. The molecule has 0 N–H and O–H groups in total. The molecule has 0 amide bonds. The number of carbonyl (C=O) groups is 1. The molecule has 8 heteroatoms. The summed E-state index contributed by atoms with van der Waals surface area (Å²) in [7, 11) is -3.87. The van der Waals surface area contributed by atoms with Crippen molar-refractivity contribution in [1.82, 2.24) is 4.31 Å². The minimum absolute atomic E-state index is 0.0570. The number of benzene rings is 1. The summed E-state index contributed by atoms with van der Waals surface area (Å²) >= 11 is 3.27. The van der Waals surface area contributed by atoms with Gasteiger partial charge in [-0.1, -0.05) is 15.9 Å². The zero-order valence-corrected chi connectivity index (χ0v) is 15.7. The fourth-order valence-electron chi connectivity index (χ4n) is 2.00. The van der Waals surface area contributed by atoms with Gasteiger partial charge in [-0.3, -0.25) is 4.79 Å². The minimum atomic E-state index is -3.87. The van der Waals surface area contributed by atoms with Crippen LogP contribution in [-0.4, -0.2) is 31.3 Å². The van der Waals surface area contributed by atoms with Gasteiger partial charge in [0.1, 0.15) is 12.3 Å². The third-order valence-electron chi connectivity index (χ3n) is 3.04. The van der Waals surface area contributed by atoms with Crippen LogP contribution in [0.25, 0.3) is 0 Å². The third-order valence-corrected chi connectivity index (χ3v) is 5.37. The van der Waals surface area contributed by atoms with Gasteiger partial charge in [0, 0.05) is 4.47 Å². The van der Waals surface area contributed by atoms with E-state index in [0.29, 0.717) is 5.76 Å². The van der Waals surface area contributed by atoms with Gasteiger partial charge in [-0.2, -0.15) is 4.31 Å². The quantitative estimate of drug-likeness (QED) is 0.648. The standard InChI is InChI=1S/C16H18BrNO5S/c1-12(2)23-16(19)11-18(10-14-4-3-9-22-14)24(20,21)15-7-5-13(17)6-8-15/h3-9,12H,10-11H2,1-2H3. The molecule has 6 nitrogen and oxygen atoms in total. The number of ether oxygens (including phenoxy) is 1. The number of nitrogens with zero attached hydrogens (tertiary/aromatic N) is 1. The summed E-state index contributed by atoms with van der Waals surface area (Å²) in [5.74, 6) is -0.176. The zero-order chi connectivity index (χ0) is 17.7. The molecular weight excluding hydrogens is 398 g/mol. The Labute approximate surface area is 149 Å². The number of furan rings is 1. The van der Waals surface area contributed by atoms with Crippen LogP contribution in [0.4, 0.5) is 0 Å². The first-order valence-electron chi connectivity index (χ1n) is 7.26. The molecule has 2 rings (SSSR count). The Balaban J connectivity index is 2.29. The summed E-state index contributed by atoms with van der Waals surface area (Å²) in [6.07, 6.45) is 1.13. The summed E-state index contributed by atoms with van der Waals surface area (Å²) in [6.45, 7) is 2.96. The van der Waals surface area contributed by atoms with Gasteiger partial charge in [0.25, 0.3) is 0 Å². The van der Waals surface area contributed by atoms with Gasteiger partial charge in [0.05, 0.1) is 23.8 Å². The maximum Gasteiger partial charge on any atom is 0.321 e. The van der Waals surface area contributed by atoms with Crippen molar-refractivity contribution in [1.29, 1.82) is 0 Å². The van der Waals surface area contributed by atoms with Gasteiger partial charge in [-0.25, -0.2) is 8.42 Å². The zero-order valence-electron chi connectivity index (χ0n) is 13.3. The second kappa shape index (κ2) is 7.96. The van der Waals surface area contributed by atoms with Gasteiger partial charge >= 0.3 is 5.97 Å². The first-order valence-corrected chi connectivity index (χ1v) is 9.50. The molecule has 1 aromatic heterocycles. The fraction of sp³-hybridized carbons (Fsp3) is 0.312. The van der Waals surface area contributed by atoms with Crippen molar-refractivity contribution < 1.29 is 22.4 Å². The van der Waals surface area contributed by atoms with E-state index in [2.05, 4.69) is 15.9 Å². The van der Waals surface area contributed by atoms with Crippen LogP contribution in [0.2, 0.25) is 0 Å². The van der Waals surface area contributed by atoms with Crippen LogP contribution in [0.15, 0.2) is 56.4 Å². The molecule has 130 valence electrons. The van der Waals surface area contributed by atoms with Crippen molar-refractivity contribution in [3.8, 4) is 0 Å². The molecule has 24 heavy (non-hydrogen) atoms. The molecule has 1 aromatic carbocycles. The van der Waals surface area contributed by atoms with E-state index in [0.717, 1.165) is 8.78 Å². The first-order chi connectivity index (χ1) is 11.3. The summed E-state index contributed by atoms with van der Waals surface area (Å²) in [5, 5.41) is 0. The summed E-state index contributed by atoms with van der Waals surface area (Å²) in [6, 6.07) is 9.52. The highest BCUT2D eigenvalue weighted by atomic mass is 79.9. The summed E-state index contributed by atoms with van der Waals surface area (Å²) in [5.41, 5.74) is 0. The molecule has 0 fully saturated rings. The molecule has 0 saturated heterocycles. The van der Waals surface area contributed by atoms with Crippen molar-refractivity contribution >= 4 is 31.9 Å². The van der Waals surface area contributed by atoms with E-state index in [-0.39, 0.29) is 17.5 Å². The second-order valence-electron chi connectivity index (χ2n) is 5.34. The molecule has 0 bridgehead atoms. The van der Waals surface area contributed by atoms with Crippen molar-refractivity contribution in [2.45, 2.75) is 31.4 Å². The van der Waals surface area contributed by atoms with Crippen LogP contribution >= 0.6 is 15.9 Å². The fourth-order valence-corrected chi connectivity index (χ4v) is 3.62. The van der Waals surface area contributed by atoms with Crippen molar-refractivity contribution in [2.75, 3.05) is 6.54 Å². The third kappa shape index (κ3) is 4.93. The van der Waals surface area contributed by atoms with Crippen LogP contribution < -0.4 is 0 Å². The Kier molecular flexibility index (Phi) is 6.20. The van der Waals surface area contributed by atoms with E-state index in [1.54, 1.807) is 38.1 Å². The Morgan fingerprint density at radius 3 is 2.46 bits per heavy atom. The van der Waals surface area contributed by atoms with Crippen LogP contribution in [-0.2, 0) is 26.1 Å². The summed E-state index contributed by atoms with van der Waals surface area (Å²) in [4.78, 5) is 12.1. The Morgan fingerprint density at radius 1 is 1.25 bits per heavy atom. The molecule has 0 radical (unpaired) electrons. The van der Waals surface area contributed by atoms with Crippen molar-refractivity contribution in [3.63, 3.8) is 0 Å². The Hall–Kier alpha value is -1.64. The van der Waals surface area contributed by atoms with Gasteiger partial charge < -0.3 is 9.15 Å². The largest absolute Gasteiger partial charge is 0.468 e. The number of carbonyl (C=O) groups excluding carboxylic acids is 1. The average Bonchev–Trinajstić information content (AvgIpc) is 2.99. The molecule has 0 aliphatic heterocycles. The highest BCUT2D eigenvalue weighted by Gasteiger charge is 2.28. The first kappa shape index (κ1) is 18.7. The van der Waals surface area contributed by atoms with Crippen LogP contribution in [0.5, 0.6) is 0 Å². The molecule has 0 aliphatic carbocycles. The number of rotatable bonds is 7. The van der Waals surface area contributed by atoms with Gasteiger partial charge in [-0.15, -0.1) is 0 Å². The highest BCUT2D eigenvalue weighted by Crippen LogP contribution is 2.21. The lowest BCUT2D eigenvalue weighted by Crippen LogP contribution is -2.36. The molecule has 0 atom stereocenters. The minimum Gasteiger partial charge on any atom is -0.468 e. The molecule has 0 spiro atoms. The van der Waals surface area contributed by atoms with E-state index in [1.165, 1.54) is 18.4 Å². The lowest BCUT2D eigenvalue weighted by atomic mass is 10.4. The lowest BCUT2D eigenvalue weighted by molar-refractivity contribution is -0.147. The number of hydrogen-bond donors (Lipinski definition) is 0. The van der Waals surface area contributed by atoms with Gasteiger partial charge in [0.2, 0.25) is 10.0 Å². The van der Waals surface area contributed by atoms with Gasteiger partial charge in [0.15, 0.2) is 0 Å². The predicted octanol–water partition coefficient (Wildman–Crippen LogP) is 3.18. The van der Waals surface area contributed by atoms with E-state index in [1.807, 2.05) is 0 Å². The molecule has 0 aliphatic rings. The second-order valence-corrected chi connectivity index (χ2v) is 8.20. The molecule has 1 heterocycles. The molecule has 0 unspecified atom stereocenters. The number of esters is 1. The highest BCUT2D eigenvalue weighted by molar-refractivity contribution is 9.10. The Morgan fingerprint density at radius 2 is 1.92 bits per heavy atom. The normalized spacial score (nSPS) is 11.9. The average molecular weight is 416 g/mol. The van der Waals surface area contributed by atoms with Crippen LogP contribution in [0.1, 0.15) is 19.6 Å². The smallest absolute Gasteiger partial charge is 0.321 e. The monoisotopic (exact) mass is 415 g/mol. The maximum atomic E-state index is 12.9. The number of sulfonamides is 1.